The largest absolute Gasteiger partial charge is 0.506 e. The lowest BCUT2D eigenvalue weighted by Gasteiger charge is -2.37. The average molecular weight is 419 g/mol. The van der Waals surface area contributed by atoms with Crippen molar-refractivity contribution in [2.45, 2.75) is 32.4 Å². The number of phenolic OH excluding ortho intramolecular Hbond substituents is 1. The molecular weight excluding hydrogens is 397 g/mol. The molecule has 0 saturated carbocycles. The Morgan fingerprint density at radius 2 is 2.00 bits per heavy atom. The van der Waals surface area contributed by atoms with Gasteiger partial charge in [0.15, 0.2) is 5.84 Å². The van der Waals surface area contributed by atoms with Gasteiger partial charge in [0.1, 0.15) is 29.4 Å². The number of aryl methyl sites for hydroxylation is 1. The van der Waals surface area contributed by atoms with Crippen LogP contribution in [0, 0.1) is 12.7 Å². The highest BCUT2D eigenvalue weighted by Crippen LogP contribution is 2.40. The Balaban J connectivity index is 1.44. The van der Waals surface area contributed by atoms with E-state index >= 15 is 0 Å². The normalized spacial score (nSPS) is 21.7. The first-order valence-corrected chi connectivity index (χ1v) is 10.2. The number of amidine groups is 1. The molecular formula is C23H22FN5O2. The maximum atomic E-state index is 13.4. The van der Waals surface area contributed by atoms with E-state index in [-0.39, 0.29) is 11.6 Å². The highest BCUT2D eigenvalue weighted by Gasteiger charge is 2.45. The van der Waals surface area contributed by atoms with Gasteiger partial charge in [0.05, 0.1) is 0 Å². The van der Waals surface area contributed by atoms with Gasteiger partial charge >= 0.3 is 0 Å². The van der Waals surface area contributed by atoms with E-state index in [0.717, 1.165) is 41.9 Å². The first-order chi connectivity index (χ1) is 14.9. The molecule has 0 aliphatic carbocycles. The molecule has 158 valence electrons. The number of hydrogen-bond donors (Lipinski definition) is 1. The van der Waals surface area contributed by atoms with E-state index in [1.807, 2.05) is 25.1 Å². The zero-order chi connectivity index (χ0) is 21.6. The fourth-order valence-corrected chi connectivity index (χ4v) is 4.11. The first-order valence-electron chi connectivity index (χ1n) is 10.2. The van der Waals surface area contributed by atoms with Crippen molar-refractivity contribution >= 4 is 11.9 Å². The van der Waals surface area contributed by atoms with Gasteiger partial charge in [0.25, 0.3) is 0 Å². The number of benzene rings is 2. The Hall–Kier alpha value is -3.68. The lowest BCUT2D eigenvalue weighted by atomic mass is 9.95. The Morgan fingerprint density at radius 1 is 1.19 bits per heavy atom. The minimum absolute atomic E-state index is 0.118. The van der Waals surface area contributed by atoms with Gasteiger partial charge in [-0.25, -0.2) is 14.1 Å². The number of phenols is 1. The quantitative estimate of drug-likeness (QED) is 0.691. The van der Waals surface area contributed by atoms with Gasteiger partial charge in [-0.3, -0.25) is 0 Å². The molecule has 31 heavy (non-hydrogen) atoms. The molecule has 1 saturated heterocycles. The molecule has 1 unspecified atom stereocenters. The predicted molar refractivity (Wildman–Crippen MR) is 114 cm³/mol. The summed E-state index contributed by atoms with van der Waals surface area (Å²) < 4.78 is 14.9. The summed E-state index contributed by atoms with van der Waals surface area (Å²) in [6.45, 7) is 4.53. The molecule has 0 spiro atoms. The number of aromatic hydroxyl groups is 1. The number of aromatic nitrogens is 3. The maximum absolute atomic E-state index is 13.4. The maximum Gasteiger partial charge on any atom is 0.234 e. The van der Waals surface area contributed by atoms with Gasteiger partial charge in [-0.2, -0.15) is 5.10 Å². The molecule has 1 fully saturated rings. The molecule has 0 radical (unpaired) electrons. The number of halogens is 1. The van der Waals surface area contributed by atoms with Crippen LogP contribution in [0.25, 0.3) is 11.8 Å². The molecule has 0 bridgehead atoms. The van der Waals surface area contributed by atoms with Gasteiger partial charge in [0.2, 0.25) is 5.72 Å². The van der Waals surface area contributed by atoms with Crippen molar-refractivity contribution in [1.82, 2.24) is 19.7 Å². The van der Waals surface area contributed by atoms with Crippen LogP contribution in [0.2, 0.25) is 0 Å². The average Bonchev–Trinajstić information content (AvgIpc) is 3.34. The molecule has 2 aliphatic heterocycles. The molecule has 1 aromatic heterocycles. The molecule has 3 heterocycles. The molecule has 1 atom stereocenters. The van der Waals surface area contributed by atoms with Gasteiger partial charge in [0, 0.05) is 19.0 Å². The van der Waals surface area contributed by atoms with E-state index in [9.17, 15) is 9.50 Å². The summed E-state index contributed by atoms with van der Waals surface area (Å²) in [7, 11) is 0. The van der Waals surface area contributed by atoms with Crippen LogP contribution >= 0.6 is 0 Å². The molecule has 2 aliphatic rings. The fraction of sp³-hybridized carbons (Fsp3) is 0.261. The van der Waals surface area contributed by atoms with Gasteiger partial charge < -0.3 is 14.8 Å². The van der Waals surface area contributed by atoms with E-state index < -0.39 is 5.72 Å². The van der Waals surface area contributed by atoms with E-state index in [4.69, 9.17) is 4.84 Å². The second kappa shape index (κ2) is 7.23. The number of piperidine rings is 1. The minimum Gasteiger partial charge on any atom is -0.506 e. The molecule has 0 amide bonds. The second-order valence-corrected chi connectivity index (χ2v) is 7.91. The van der Waals surface area contributed by atoms with Crippen molar-refractivity contribution in [3.8, 4) is 11.4 Å². The lowest BCUT2D eigenvalue weighted by molar-refractivity contribution is -0.0913. The zero-order valence-electron chi connectivity index (χ0n) is 17.3. The van der Waals surface area contributed by atoms with E-state index in [0.29, 0.717) is 11.5 Å². The summed E-state index contributed by atoms with van der Waals surface area (Å²) in [5, 5.41) is 19.1. The van der Waals surface area contributed by atoms with Crippen molar-refractivity contribution in [3.05, 3.63) is 77.1 Å². The van der Waals surface area contributed by atoms with Crippen molar-refractivity contribution < 1.29 is 14.3 Å². The minimum atomic E-state index is -0.778. The van der Waals surface area contributed by atoms with Crippen LogP contribution < -0.4 is 0 Å². The summed E-state index contributed by atoms with van der Waals surface area (Å²) >= 11 is 0. The van der Waals surface area contributed by atoms with Crippen molar-refractivity contribution in [2.75, 3.05) is 6.54 Å². The van der Waals surface area contributed by atoms with Crippen LogP contribution in [-0.4, -0.2) is 37.2 Å². The van der Waals surface area contributed by atoms with Crippen molar-refractivity contribution in [1.29, 1.82) is 0 Å². The van der Waals surface area contributed by atoms with E-state index in [2.05, 4.69) is 20.1 Å². The fourth-order valence-electron chi connectivity index (χ4n) is 4.11. The number of hydrogen-bond acceptors (Lipinski definition) is 6. The van der Waals surface area contributed by atoms with Crippen LogP contribution in [0.15, 0.2) is 59.5 Å². The van der Waals surface area contributed by atoms with Crippen LogP contribution in [-0.2, 0) is 10.6 Å². The number of fused-ring (bicyclic) bond motifs is 1. The summed E-state index contributed by atoms with van der Waals surface area (Å²) in [5.74, 6) is 1.24. The van der Waals surface area contributed by atoms with Crippen molar-refractivity contribution in [2.24, 2.45) is 5.16 Å². The monoisotopic (exact) mass is 419 g/mol. The Bertz CT molecular complexity index is 1200. The number of nitrogens with zero attached hydrogens (tertiary/aromatic N) is 5. The SMILES string of the molecule is Cc1ncn(-c2ccc(/C=C3/CCCN4C3=NOC4(C)c3ccc(F)cc3)cc2O)n1. The highest BCUT2D eigenvalue weighted by atomic mass is 19.1. The van der Waals surface area contributed by atoms with Gasteiger partial charge in [-0.15, -0.1) is 0 Å². The van der Waals surface area contributed by atoms with Crippen molar-refractivity contribution in [3.63, 3.8) is 0 Å². The first kappa shape index (κ1) is 19.3. The second-order valence-electron chi connectivity index (χ2n) is 7.91. The molecule has 5 rings (SSSR count). The molecule has 2 aromatic carbocycles. The molecule has 1 N–H and O–H groups in total. The van der Waals surface area contributed by atoms with E-state index in [1.54, 1.807) is 36.1 Å². The Labute approximate surface area is 179 Å². The highest BCUT2D eigenvalue weighted by molar-refractivity contribution is 6.03. The summed E-state index contributed by atoms with van der Waals surface area (Å²) in [4.78, 5) is 12.1. The van der Waals surface area contributed by atoms with Crippen LogP contribution in [0.1, 0.15) is 36.7 Å². The third kappa shape index (κ3) is 3.34. The molecule has 7 nitrogen and oxygen atoms in total. The predicted octanol–water partition coefficient (Wildman–Crippen LogP) is 4.12. The lowest BCUT2D eigenvalue weighted by Crippen LogP contribution is -2.46. The smallest absolute Gasteiger partial charge is 0.234 e. The number of oxime groups is 1. The summed E-state index contributed by atoms with van der Waals surface area (Å²) in [5.41, 5.74) is 2.52. The number of rotatable bonds is 3. The summed E-state index contributed by atoms with van der Waals surface area (Å²) in [6.07, 6.45) is 5.37. The van der Waals surface area contributed by atoms with Crippen LogP contribution in [0.4, 0.5) is 4.39 Å². The summed E-state index contributed by atoms with van der Waals surface area (Å²) in [6, 6.07) is 11.8. The Kier molecular flexibility index (Phi) is 4.50. The van der Waals surface area contributed by atoms with Crippen LogP contribution in [0.5, 0.6) is 5.75 Å². The van der Waals surface area contributed by atoms with Crippen LogP contribution in [0.3, 0.4) is 0 Å². The Morgan fingerprint density at radius 3 is 2.71 bits per heavy atom. The third-order valence-electron chi connectivity index (χ3n) is 5.77. The van der Waals surface area contributed by atoms with Gasteiger partial charge in [-0.1, -0.05) is 23.4 Å². The van der Waals surface area contributed by atoms with Gasteiger partial charge in [-0.05, 0) is 61.2 Å². The van der Waals surface area contributed by atoms with E-state index in [1.165, 1.54) is 12.1 Å². The standard InChI is InChI=1S/C23H22FN5O2/c1-15-25-14-29(26-15)20-10-5-16(13-21(20)30)12-17-4-3-11-28-22(17)27-31-23(28,2)18-6-8-19(24)9-7-18/h5-10,12-14,30H,3-4,11H2,1-2H3/b17-12-. The molecule has 3 aromatic rings. The third-order valence-corrected chi connectivity index (χ3v) is 5.77. The molecule has 8 heteroatoms. The zero-order valence-corrected chi connectivity index (χ0v) is 17.3. The topological polar surface area (TPSA) is 75.8 Å².